The van der Waals surface area contributed by atoms with Crippen molar-refractivity contribution in [3.8, 4) is 0 Å². The Morgan fingerprint density at radius 2 is 1.92 bits per heavy atom. The molecule has 1 saturated heterocycles. The maximum atomic E-state index is 12.9. The summed E-state index contributed by atoms with van der Waals surface area (Å²) in [6.07, 6.45) is 4.08. The lowest BCUT2D eigenvalue weighted by Crippen LogP contribution is -2.43. The maximum Gasteiger partial charge on any atom is 0.410 e. The summed E-state index contributed by atoms with van der Waals surface area (Å²) in [4.78, 5) is 42.4. The molecule has 3 amide bonds. The minimum atomic E-state index is -0.408. The molecule has 39 heavy (non-hydrogen) atoms. The molecule has 1 fully saturated rings. The van der Waals surface area contributed by atoms with Gasteiger partial charge in [0, 0.05) is 30.2 Å². The smallest absolute Gasteiger partial charge is 0.410 e. The minimum Gasteiger partial charge on any atom is -0.445 e. The van der Waals surface area contributed by atoms with Crippen molar-refractivity contribution in [2.24, 2.45) is 0 Å². The third kappa shape index (κ3) is 6.27. The summed E-state index contributed by atoms with van der Waals surface area (Å²) in [6.45, 7) is 1.14. The third-order valence-electron chi connectivity index (χ3n) is 7.30. The van der Waals surface area contributed by atoms with Crippen molar-refractivity contribution in [2.75, 3.05) is 32.4 Å². The molecule has 0 spiro atoms. The molecule has 1 aliphatic carbocycles. The SMILES string of the molecule is CN(C(=O)OCc1cc(Cl)cc(Cl)c1)C1CCc2ccc(C3=CCN(C(=O)CN4C(=O)CSC4=S)CC3)cc21. The molecular formula is C28H27Cl2N3O4S2. The predicted molar refractivity (Wildman–Crippen MR) is 158 cm³/mol. The van der Waals surface area contributed by atoms with E-state index >= 15 is 0 Å². The van der Waals surface area contributed by atoms with Gasteiger partial charge in [-0.15, -0.1) is 0 Å². The van der Waals surface area contributed by atoms with E-state index in [0.717, 1.165) is 29.5 Å². The van der Waals surface area contributed by atoms with Gasteiger partial charge < -0.3 is 14.5 Å². The van der Waals surface area contributed by atoms with Crippen LogP contribution >= 0.6 is 47.2 Å². The first-order valence-corrected chi connectivity index (χ1v) is 14.8. The first-order valence-electron chi connectivity index (χ1n) is 12.6. The molecule has 0 radical (unpaired) electrons. The molecule has 1 unspecified atom stereocenters. The van der Waals surface area contributed by atoms with Gasteiger partial charge in [0.25, 0.3) is 0 Å². The van der Waals surface area contributed by atoms with Gasteiger partial charge in [-0.2, -0.15) is 0 Å². The van der Waals surface area contributed by atoms with Gasteiger partial charge in [0.2, 0.25) is 11.8 Å². The van der Waals surface area contributed by atoms with Crippen molar-refractivity contribution in [1.29, 1.82) is 0 Å². The van der Waals surface area contributed by atoms with Crippen molar-refractivity contribution in [1.82, 2.24) is 14.7 Å². The predicted octanol–water partition coefficient (Wildman–Crippen LogP) is 5.73. The number of hydrogen-bond acceptors (Lipinski definition) is 6. The second-order valence-corrected chi connectivity index (χ2v) is 12.2. The fraction of sp³-hybridized carbons (Fsp3) is 0.357. The number of nitrogens with zero attached hydrogens (tertiary/aromatic N) is 3. The summed E-state index contributed by atoms with van der Waals surface area (Å²) in [5, 5.41) is 0.988. The number of rotatable bonds is 6. The van der Waals surface area contributed by atoms with Crippen LogP contribution in [0.15, 0.2) is 42.5 Å². The number of fused-ring (bicyclic) bond motifs is 1. The molecule has 7 nitrogen and oxygen atoms in total. The zero-order valence-electron chi connectivity index (χ0n) is 21.3. The van der Waals surface area contributed by atoms with E-state index < -0.39 is 6.09 Å². The molecule has 2 aromatic rings. The van der Waals surface area contributed by atoms with Crippen LogP contribution in [-0.2, 0) is 27.4 Å². The van der Waals surface area contributed by atoms with Gasteiger partial charge >= 0.3 is 6.09 Å². The average Bonchev–Trinajstić information content (AvgIpc) is 3.48. The molecule has 2 heterocycles. The Hall–Kier alpha value is -2.59. The zero-order valence-corrected chi connectivity index (χ0v) is 24.5. The molecule has 5 rings (SSSR count). The van der Waals surface area contributed by atoms with Gasteiger partial charge in [-0.05, 0) is 71.4 Å². The number of amides is 3. The zero-order chi connectivity index (χ0) is 27.7. The quantitative estimate of drug-likeness (QED) is 0.393. The number of hydrogen-bond donors (Lipinski definition) is 0. The van der Waals surface area contributed by atoms with E-state index in [1.807, 2.05) is 0 Å². The van der Waals surface area contributed by atoms with Gasteiger partial charge in [-0.3, -0.25) is 14.5 Å². The van der Waals surface area contributed by atoms with E-state index in [-0.39, 0.29) is 31.0 Å². The fourth-order valence-corrected chi connectivity index (χ4v) is 6.82. The molecule has 11 heteroatoms. The van der Waals surface area contributed by atoms with Gasteiger partial charge in [-0.25, -0.2) is 4.79 Å². The van der Waals surface area contributed by atoms with Crippen LogP contribution in [0.4, 0.5) is 4.79 Å². The second kappa shape index (κ2) is 11.9. The van der Waals surface area contributed by atoms with E-state index in [0.29, 0.717) is 39.6 Å². The number of aryl methyl sites for hydroxylation is 1. The van der Waals surface area contributed by atoms with Gasteiger partial charge in [0.1, 0.15) is 17.5 Å². The average molecular weight is 605 g/mol. The van der Waals surface area contributed by atoms with Crippen molar-refractivity contribution in [3.63, 3.8) is 0 Å². The number of halogens is 2. The summed E-state index contributed by atoms with van der Waals surface area (Å²) in [6, 6.07) is 11.4. The Balaban J connectivity index is 1.22. The van der Waals surface area contributed by atoms with E-state index in [4.69, 9.17) is 40.2 Å². The van der Waals surface area contributed by atoms with Crippen molar-refractivity contribution >= 4 is 75.0 Å². The first-order chi connectivity index (χ1) is 18.7. The van der Waals surface area contributed by atoms with Crippen LogP contribution in [-0.4, -0.2) is 69.4 Å². The monoisotopic (exact) mass is 603 g/mol. The number of carbonyl (C=O) groups is 3. The number of benzene rings is 2. The Kier molecular flexibility index (Phi) is 8.52. The molecule has 2 aliphatic heterocycles. The lowest BCUT2D eigenvalue weighted by atomic mass is 9.95. The standard InChI is InChI=1S/C28H27Cl2N3O4S2/c1-31(27(36)37-15-17-10-21(29)13-22(30)11-17)24-5-4-19-2-3-20(12-23(19)24)18-6-8-32(9-7-18)25(34)14-33-26(35)16-39-28(33)38/h2-3,6,10-13,24H,4-5,7-9,14-16H2,1H3. The van der Waals surface area contributed by atoms with Crippen LogP contribution in [0.1, 0.15) is 41.1 Å². The summed E-state index contributed by atoms with van der Waals surface area (Å²) < 4.78 is 6.03. The topological polar surface area (TPSA) is 70.2 Å². The van der Waals surface area contributed by atoms with Gasteiger partial charge in [0.15, 0.2) is 0 Å². The highest BCUT2D eigenvalue weighted by atomic mass is 35.5. The Morgan fingerprint density at radius 1 is 1.15 bits per heavy atom. The molecule has 0 bridgehead atoms. The molecular weight excluding hydrogens is 577 g/mol. The van der Waals surface area contributed by atoms with Gasteiger partial charge in [-0.1, -0.05) is 65.4 Å². The van der Waals surface area contributed by atoms with E-state index in [9.17, 15) is 14.4 Å². The van der Waals surface area contributed by atoms with Crippen LogP contribution < -0.4 is 0 Å². The minimum absolute atomic E-state index is 0.00114. The molecule has 0 N–H and O–H groups in total. The van der Waals surface area contributed by atoms with Crippen molar-refractivity contribution in [3.05, 3.63) is 74.8 Å². The highest BCUT2D eigenvalue weighted by Gasteiger charge is 2.32. The van der Waals surface area contributed by atoms with E-state index in [1.165, 1.54) is 27.8 Å². The summed E-state index contributed by atoms with van der Waals surface area (Å²) in [5.74, 6) is 0.0961. The van der Waals surface area contributed by atoms with E-state index in [1.54, 1.807) is 35.0 Å². The Bertz CT molecular complexity index is 1350. The molecule has 204 valence electrons. The highest BCUT2D eigenvalue weighted by Crippen LogP contribution is 2.38. The number of thioether (sulfide) groups is 1. The number of thiocarbonyl (C=S) groups is 1. The lowest BCUT2D eigenvalue weighted by Gasteiger charge is -2.29. The van der Waals surface area contributed by atoms with Crippen molar-refractivity contribution < 1.29 is 19.1 Å². The number of ether oxygens (including phenoxy) is 1. The maximum absolute atomic E-state index is 12.9. The third-order valence-corrected chi connectivity index (χ3v) is 9.17. The van der Waals surface area contributed by atoms with Crippen LogP contribution in [0.3, 0.4) is 0 Å². The highest BCUT2D eigenvalue weighted by molar-refractivity contribution is 8.23. The summed E-state index contributed by atoms with van der Waals surface area (Å²) in [5.41, 5.74) is 5.33. The molecule has 0 saturated carbocycles. The first kappa shape index (κ1) is 28.0. The molecule has 3 aliphatic rings. The second-order valence-electron chi connectivity index (χ2n) is 9.76. The normalized spacial score (nSPS) is 18.7. The largest absolute Gasteiger partial charge is 0.445 e. The Labute approximate surface area is 247 Å². The number of carbonyl (C=O) groups excluding carboxylic acids is 3. The van der Waals surface area contributed by atoms with Crippen molar-refractivity contribution in [2.45, 2.75) is 31.9 Å². The van der Waals surface area contributed by atoms with Gasteiger partial charge in [0.05, 0.1) is 11.8 Å². The fourth-order valence-electron chi connectivity index (χ4n) is 5.18. The molecule has 1 atom stereocenters. The van der Waals surface area contributed by atoms with Crippen LogP contribution in [0, 0.1) is 0 Å². The summed E-state index contributed by atoms with van der Waals surface area (Å²) in [7, 11) is 1.76. The van der Waals surface area contributed by atoms with Crippen LogP contribution in [0.2, 0.25) is 10.0 Å². The molecule has 0 aromatic heterocycles. The van der Waals surface area contributed by atoms with E-state index in [2.05, 4.69) is 24.3 Å². The molecule has 2 aromatic carbocycles. The van der Waals surface area contributed by atoms with Crippen LogP contribution in [0.5, 0.6) is 0 Å². The Morgan fingerprint density at radius 3 is 2.59 bits per heavy atom. The lowest BCUT2D eigenvalue weighted by molar-refractivity contribution is -0.135. The summed E-state index contributed by atoms with van der Waals surface area (Å²) >= 11 is 18.6. The van der Waals surface area contributed by atoms with Crippen LogP contribution in [0.25, 0.3) is 5.57 Å².